The van der Waals surface area contributed by atoms with Gasteiger partial charge in [0.1, 0.15) is 5.69 Å². The van der Waals surface area contributed by atoms with Gasteiger partial charge < -0.3 is 15.2 Å². The van der Waals surface area contributed by atoms with Crippen LogP contribution < -0.4 is 5.32 Å². The van der Waals surface area contributed by atoms with Crippen molar-refractivity contribution in [2.24, 2.45) is 0 Å². The van der Waals surface area contributed by atoms with E-state index in [4.69, 9.17) is 15.1 Å². The average Bonchev–Trinajstić information content (AvgIpc) is 3.27. The van der Waals surface area contributed by atoms with Gasteiger partial charge in [-0.3, -0.25) is 9.48 Å². The quantitative estimate of drug-likeness (QED) is 0.853. The number of carbonyl (C=O) groups excluding carboxylic acids is 1. The molecule has 1 aliphatic rings. The molecule has 2 heterocycles. The number of carbonyl (C=O) groups is 1. The van der Waals surface area contributed by atoms with Gasteiger partial charge >= 0.3 is 0 Å². The van der Waals surface area contributed by atoms with Crippen LogP contribution in [-0.2, 0) is 4.74 Å². The zero-order chi connectivity index (χ0) is 18.7. The van der Waals surface area contributed by atoms with Crippen LogP contribution in [0.1, 0.15) is 41.0 Å². The number of aromatic nitrogens is 2. The van der Waals surface area contributed by atoms with Gasteiger partial charge in [0.25, 0.3) is 5.91 Å². The van der Waals surface area contributed by atoms with Crippen LogP contribution in [0.5, 0.6) is 0 Å². The third-order valence-corrected chi connectivity index (χ3v) is 4.46. The average molecular weight is 354 g/mol. The number of nitrogens with zero attached hydrogens (tertiary/aromatic N) is 3. The van der Waals surface area contributed by atoms with Crippen molar-refractivity contribution in [2.45, 2.75) is 32.4 Å². The van der Waals surface area contributed by atoms with E-state index in [-0.39, 0.29) is 18.5 Å². The molecule has 136 valence electrons. The number of ether oxygens (including phenoxy) is 1. The van der Waals surface area contributed by atoms with Crippen LogP contribution in [0.4, 0.5) is 0 Å². The predicted octanol–water partition coefficient (Wildman–Crippen LogP) is 1.80. The second kappa shape index (κ2) is 7.68. The van der Waals surface area contributed by atoms with Crippen LogP contribution in [0.25, 0.3) is 11.3 Å². The molecule has 0 bridgehead atoms. The molecule has 1 saturated heterocycles. The van der Waals surface area contributed by atoms with E-state index >= 15 is 0 Å². The molecule has 2 aromatic rings. The number of aliphatic hydroxyl groups excluding tert-OH is 1. The number of nitrogens with one attached hydrogen (secondary N) is 1. The van der Waals surface area contributed by atoms with Gasteiger partial charge in [0.05, 0.1) is 36.1 Å². The van der Waals surface area contributed by atoms with Gasteiger partial charge in [-0.2, -0.15) is 10.4 Å². The van der Waals surface area contributed by atoms with Crippen LogP contribution in [-0.4, -0.2) is 46.7 Å². The third-order valence-electron chi connectivity index (χ3n) is 4.46. The maximum absolute atomic E-state index is 12.7. The van der Waals surface area contributed by atoms with Crippen molar-refractivity contribution in [2.75, 3.05) is 19.8 Å². The number of hydrogen-bond donors (Lipinski definition) is 2. The molecule has 1 aromatic heterocycles. The molecule has 0 saturated carbocycles. The Balaban J connectivity index is 2.01. The Kier molecular flexibility index (Phi) is 5.35. The summed E-state index contributed by atoms with van der Waals surface area (Å²) in [5.41, 5.74) is 3.39. The van der Waals surface area contributed by atoms with Gasteiger partial charge in [-0.05, 0) is 32.4 Å². The summed E-state index contributed by atoms with van der Waals surface area (Å²) in [6.07, 6.45) is 0.174. The summed E-state index contributed by atoms with van der Waals surface area (Å²) in [5, 5.41) is 25.9. The Morgan fingerprint density at radius 1 is 1.50 bits per heavy atom. The number of aliphatic hydroxyl groups is 1. The highest BCUT2D eigenvalue weighted by atomic mass is 16.5. The Morgan fingerprint density at radius 2 is 2.23 bits per heavy atom. The molecular weight excluding hydrogens is 332 g/mol. The molecule has 1 fully saturated rings. The maximum Gasteiger partial charge on any atom is 0.269 e. The molecule has 1 amide bonds. The molecule has 1 unspecified atom stereocenters. The number of amides is 1. The molecule has 1 aromatic carbocycles. The van der Waals surface area contributed by atoms with Crippen LogP contribution in [0, 0.1) is 18.3 Å². The van der Waals surface area contributed by atoms with Crippen molar-refractivity contribution < 1.29 is 14.6 Å². The van der Waals surface area contributed by atoms with E-state index in [2.05, 4.69) is 11.4 Å². The van der Waals surface area contributed by atoms with Gasteiger partial charge in [-0.25, -0.2) is 0 Å². The second-order valence-corrected chi connectivity index (χ2v) is 6.53. The van der Waals surface area contributed by atoms with Crippen LogP contribution >= 0.6 is 0 Å². The van der Waals surface area contributed by atoms with Gasteiger partial charge in [0.2, 0.25) is 0 Å². The summed E-state index contributed by atoms with van der Waals surface area (Å²) in [5.74, 6) is -0.261. The number of hydrogen-bond acceptors (Lipinski definition) is 5. The van der Waals surface area contributed by atoms with Gasteiger partial charge in [-0.1, -0.05) is 12.1 Å². The van der Waals surface area contributed by atoms with Crippen molar-refractivity contribution >= 4 is 5.91 Å². The smallest absolute Gasteiger partial charge is 0.269 e. The first-order valence-electron chi connectivity index (χ1n) is 8.65. The zero-order valence-corrected chi connectivity index (χ0v) is 14.9. The predicted molar refractivity (Wildman–Crippen MR) is 95.6 cm³/mol. The lowest BCUT2D eigenvalue weighted by Crippen LogP contribution is -2.33. The van der Waals surface area contributed by atoms with E-state index in [9.17, 15) is 9.90 Å². The van der Waals surface area contributed by atoms with E-state index in [1.165, 1.54) is 0 Å². The Labute approximate surface area is 152 Å². The molecule has 0 radical (unpaired) electrons. The largest absolute Gasteiger partial charge is 0.392 e. The first-order chi connectivity index (χ1) is 12.5. The summed E-state index contributed by atoms with van der Waals surface area (Å²) in [4.78, 5) is 12.7. The monoisotopic (exact) mass is 354 g/mol. The van der Waals surface area contributed by atoms with Gasteiger partial charge in [0, 0.05) is 24.3 Å². The fourth-order valence-corrected chi connectivity index (χ4v) is 3.07. The summed E-state index contributed by atoms with van der Waals surface area (Å²) in [6, 6.07) is 9.24. The minimum absolute atomic E-state index is 0.00753. The van der Waals surface area contributed by atoms with Crippen LogP contribution in [0.3, 0.4) is 0 Å². The Bertz CT molecular complexity index is 828. The number of nitriles is 1. The molecule has 1 aliphatic heterocycles. The molecule has 2 N–H and O–H groups in total. The van der Waals surface area contributed by atoms with E-state index in [0.717, 1.165) is 17.5 Å². The number of rotatable bonds is 5. The van der Waals surface area contributed by atoms with Crippen molar-refractivity contribution in [3.63, 3.8) is 0 Å². The van der Waals surface area contributed by atoms with E-state index in [1.54, 1.807) is 23.7 Å². The highest BCUT2D eigenvalue weighted by molar-refractivity contribution is 5.95. The molecule has 0 aliphatic carbocycles. The topological polar surface area (TPSA) is 100 Å². The standard InChI is InChI=1S/C19H22N4O3/c1-12(24)10-21-19(25)18-13(2)17(15-5-3-14(9-20)4-6-15)22-23(18)16-7-8-26-11-16/h3-6,12,16,24H,7-8,10-11H2,1-2H3,(H,21,25)/t12-,16?/m1/s1. The van der Waals surface area contributed by atoms with Gasteiger partial charge in [-0.15, -0.1) is 0 Å². The first kappa shape index (κ1) is 18.1. The second-order valence-electron chi connectivity index (χ2n) is 6.53. The third kappa shape index (κ3) is 3.62. The highest BCUT2D eigenvalue weighted by Crippen LogP contribution is 2.29. The van der Waals surface area contributed by atoms with Crippen LogP contribution in [0.2, 0.25) is 0 Å². The SMILES string of the molecule is Cc1c(-c2ccc(C#N)cc2)nn(C2CCOC2)c1C(=O)NC[C@@H](C)O. The van der Waals surface area contributed by atoms with Crippen molar-refractivity contribution in [1.29, 1.82) is 5.26 Å². The molecule has 7 nitrogen and oxygen atoms in total. The molecular formula is C19H22N4O3. The minimum Gasteiger partial charge on any atom is -0.392 e. The summed E-state index contributed by atoms with van der Waals surface area (Å²) in [7, 11) is 0. The minimum atomic E-state index is -0.622. The lowest BCUT2D eigenvalue weighted by atomic mass is 10.0. The van der Waals surface area contributed by atoms with E-state index in [0.29, 0.717) is 30.2 Å². The van der Waals surface area contributed by atoms with E-state index < -0.39 is 6.10 Å². The Morgan fingerprint density at radius 3 is 2.81 bits per heavy atom. The highest BCUT2D eigenvalue weighted by Gasteiger charge is 2.28. The van der Waals surface area contributed by atoms with Crippen molar-refractivity contribution in [3.8, 4) is 17.3 Å². The van der Waals surface area contributed by atoms with Crippen LogP contribution in [0.15, 0.2) is 24.3 Å². The summed E-state index contributed by atoms with van der Waals surface area (Å²) < 4.78 is 7.20. The van der Waals surface area contributed by atoms with Crippen molar-refractivity contribution in [1.82, 2.24) is 15.1 Å². The lowest BCUT2D eigenvalue weighted by molar-refractivity contribution is 0.0908. The molecule has 26 heavy (non-hydrogen) atoms. The molecule has 0 spiro atoms. The summed E-state index contributed by atoms with van der Waals surface area (Å²) >= 11 is 0. The fourth-order valence-electron chi connectivity index (χ4n) is 3.07. The lowest BCUT2D eigenvalue weighted by Gasteiger charge is -2.14. The molecule has 2 atom stereocenters. The van der Waals surface area contributed by atoms with Gasteiger partial charge in [0.15, 0.2) is 0 Å². The normalized spacial score (nSPS) is 17.7. The first-order valence-corrected chi connectivity index (χ1v) is 8.65. The number of benzene rings is 1. The maximum atomic E-state index is 12.7. The molecule has 7 heteroatoms. The molecule has 3 rings (SSSR count). The zero-order valence-electron chi connectivity index (χ0n) is 14.9. The van der Waals surface area contributed by atoms with E-state index in [1.807, 2.05) is 19.1 Å². The van der Waals surface area contributed by atoms with Crippen molar-refractivity contribution in [3.05, 3.63) is 41.1 Å². The fraction of sp³-hybridized carbons (Fsp3) is 0.421. The summed E-state index contributed by atoms with van der Waals surface area (Å²) in [6.45, 7) is 4.83. The Hall–Kier alpha value is -2.69.